The smallest absolute Gasteiger partial charge is 0.212 e. The Morgan fingerprint density at radius 1 is 1.40 bits per heavy atom. The van der Waals surface area contributed by atoms with Crippen molar-refractivity contribution in [1.29, 1.82) is 0 Å². The van der Waals surface area contributed by atoms with E-state index in [1.54, 1.807) is 7.05 Å². The molecule has 1 heterocycles. The number of halogens is 1. The van der Waals surface area contributed by atoms with E-state index in [9.17, 15) is 4.79 Å². The van der Waals surface area contributed by atoms with E-state index in [0.29, 0.717) is 6.61 Å². The Morgan fingerprint density at radius 3 is 2.70 bits per heavy atom. The molecule has 20 heavy (non-hydrogen) atoms. The molecule has 0 unspecified atom stereocenters. The maximum atomic E-state index is 11.8. The van der Waals surface area contributed by atoms with Crippen LogP contribution in [-0.2, 0) is 39.8 Å². The van der Waals surface area contributed by atoms with Crippen molar-refractivity contribution in [2.24, 2.45) is 7.05 Å². The largest absolute Gasteiger partial charge is 0.494 e. The van der Waals surface area contributed by atoms with Crippen LogP contribution in [0.1, 0.15) is 12.5 Å². The Hall–Kier alpha value is -0.636. The van der Waals surface area contributed by atoms with E-state index < -0.39 is 0 Å². The zero-order valence-corrected chi connectivity index (χ0v) is 15.3. The zero-order valence-electron chi connectivity index (χ0n) is 11.7. The van der Waals surface area contributed by atoms with Gasteiger partial charge in [0.25, 0.3) is 0 Å². The molecule has 0 bridgehead atoms. The second kappa shape index (κ2) is 7.39. The molecule has 0 amide bonds. The van der Waals surface area contributed by atoms with Crippen LogP contribution in [0.3, 0.4) is 0 Å². The minimum absolute atomic E-state index is 0. The molecule has 0 spiro atoms. The van der Waals surface area contributed by atoms with E-state index in [1.807, 2.05) is 32.0 Å². The van der Waals surface area contributed by atoms with Crippen molar-refractivity contribution in [3.63, 3.8) is 0 Å². The molecule has 103 valence electrons. The Bertz CT molecular complexity index is 667. The van der Waals surface area contributed by atoms with Crippen LogP contribution in [0.15, 0.2) is 29.1 Å². The van der Waals surface area contributed by atoms with Crippen LogP contribution in [0.5, 0.6) is 5.75 Å². The van der Waals surface area contributed by atoms with E-state index in [2.05, 4.69) is 6.07 Å². The van der Waals surface area contributed by atoms with Gasteiger partial charge in [0.2, 0.25) is 5.56 Å². The number of ether oxygens (including phenoxy) is 1. The van der Waals surface area contributed by atoms with Crippen LogP contribution in [0, 0.1) is 13.0 Å². The molecule has 1 radical (unpaired) electrons. The molecule has 0 N–H and O–H groups in total. The van der Waals surface area contributed by atoms with Gasteiger partial charge >= 0.3 is 0 Å². The number of hydrogen-bond acceptors (Lipinski definition) is 2. The first-order valence-electron chi connectivity index (χ1n) is 6.05. The molecule has 0 atom stereocenters. The molecule has 0 fully saturated rings. The van der Waals surface area contributed by atoms with Crippen molar-refractivity contribution in [2.75, 3.05) is 6.61 Å². The molecule has 0 saturated carbocycles. The third kappa shape index (κ3) is 3.52. The van der Waals surface area contributed by atoms with E-state index >= 15 is 0 Å². The van der Waals surface area contributed by atoms with Gasteiger partial charge in [-0.2, -0.15) is 23.7 Å². The minimum Gasteiger partial charge on any atom is -0.494 e. The minimum atomic E-state index is -0.219. The summed E-state index contributed by atoms with van der Waals surface area (Å²) in [6.45, 7) is 4.55. The van der Waals surface area contributed by atoms with Gasteiger partial charge in [-0.15, -0.1) is 6.07 Å². The third-order valence-corrected chi connectivity index (χ3v) is 3.21. The summed E-state index contributed by atoms with van der Waals surface area (Å²) in [4.78, 5) is 11.8. The number of benzene rings is 1. The summed E-state index contributed by atoms with van der Waals surface area (Å²) < 4.78 is 6.96. The second-order valence-electron chi connectivity index (χ2n) is 4.26. The van der Waals surface area contributed by atoms with Gasteiger partial charge in [0.1, 0.15) is 5.75 Å². The number of rotatable bonds is 3. The second-order valence-corrected chi connectivity index (χ2v) is 4.67. The summed E-state index contributed by atoms with van der Waals surface area (Å²) in [5, 5.41) is 0.176. The first-order valence-corrected chi connectivity index (χ1v) is 6.43. The number of hydrogen-bond donors (Lipinski definition) is 0. The Balaban J connectivity index is 0.00000200. The summed E-state index contributed by atoms with van der Waals surface area (Å²) >= 11 is 5.80. The van der Waals surface area contributed by atoms with Gasteiger partial charge < -0.3 is 9.30 Å². The quantitative estimate of drug-likeness (QED) is 0.782. The average molecular weight is 366 g/mol. The van der Waals surface area contributed by atoms with Gasteiger partial charge in [0.05, 0.1) is 6.61 Å². The standard InChI is InChI=1S/C15H15ClNO2.Y/c1-4-19-11-5-6-12(10(2)9-11)14-8-7-13(16)15(18)17(14)3;/h5-7,9H,4H2,1-3H3;/q-1;. The summed E-state index contributed by atoms with van der Waals surface area (Å²) in [6, 6.07) is 10.3. The van der Waals surface area contributed by atoms with Gasteiger partial charge in [-0.25, -0.2) is 0 Å². The van der Waals surface area contributed by atoms with Crippen molar-refractivity contribution in [3.05, 3.63) is 51.3 Å². The van der Waals surface area contributed by atoms with Crippen molar-refractivity contribution in [1.82, 2.24) is 4.57 Å². The summed E-state index contributed by atoms with van der Waals surface area (Å²) in [5.74, 6) is 0.822. The van der Waals surface area contributed by atoms with E-state index in [1.165, 1.54) is 10.6 Å². The third-order valence-electron chi connectivity index (χ3n) is 2.94. The van der Waals surface area contributed by atoms with E-state index in [0.717, 1.165) is 22.6 Å². The Labute approximate surface area is 148 Å². The molecule has 1 aromatic heterocycles. The molecule has 1 aromatic carbocycles. The molecule has 5 heteroatoms. The zero-order chi connectivity index (χ0) is 14.0. The molecule has 2 aromatic rings. The predicted octanol–water partition coefficient (Wildman–Crippen LogP) is 3.21. The monoisotopic (exact) mass is 365 g/mol. The van der Waals surface area contributed by atoms with Crippen LogP contribution < -0.4 is 10.3 Å². The predicted molar refractivity (Wildman–Crippen MR) is 76.9 cm³/mol. The summed E-state index contributed by atoms with van der Waals surface area (Å²) in [6.07, 6.45) is 0. The molecule has 2 rings (SSSR count). The fourth-order valence-corrected chi connectivity index (χ4v) is 2.15. The Kier molecular flexibility index (Phi) is 6.44. The van der Waals surface area contributed by atoms with Crippen LogP contribution in [0.25, 0.3) is 11.3 Å². The molecule has 0 aliphatic rings. The van der Waals surface area contributed by atoms with E-state index in [4.69, 9.17) is 16.3 Å². The maximum Gasteiger partial charge on any atom is 0.212 e. The van der Waals surface area contributed by atoms with Crippen molar-refractivity contribution in [2.45, 2.75) is 13.8 Å². The van der Waals surface area contributed by atoms with Gasteiger partial charge in [0.15, 0.2) is 0 Å². The number of aromatic nitrogens is 1. The van der Waals surface area contributed by atoms with Gasteiger partial charge in [-0.3, -0.25) is 4.79 Å². The van der Waals surface area contributed by atoms with Crippen LogP contribution >= 0.6 is 11.6 Å². The molecule has 0 saturated heterocycles. The maximum absolute atomic E-state index is 11.8. The van der Waals surface area contributed by atoms with Gasteiger partial charge in [-0.05, 0) is 19.1 Å². The molecular weight excluding hydrogens is 351 g/mol. The fraction of sp³-hybridized carbons (Fsp3) is 0.267. The van der Waals surface area contributed by atoms with Crippen molar-refractivity contribution < 1.29 is 37.4 Å². The molecular formula is C15H15ClNO2Y-. The van der Waals surface area contributed by atoms with Crippen LogP contribution in [-0.4, -0.2) is 11.2 Å². The number of nitrogens with zero attached hydrogens (tertiary/aromatic N) is 1. The SMILES string of the molecule is CCOc1ccc(-c2[c-]cc(Cl)c(=O)n2C)c(C)c1.[Y]. The van der Waals surface area contributed by atoms with Crippen LogP contribution in [0.2, 0.25) is 5.02 Å². The summed E-state index contributed by atoms with van der Waals surface area (Å²) in [5.41, 5.74) is 2.47. The number of aryl methyl sites for hydroxylation is 1. The van der Waals surface area contributed by atoms with Gasteiger partial charge in [-0.1, -0.05) is 23.7 Å². The number of pyridine rings is 1. The summed E-state index contributed by atoms with van der Waals surface area (Å²) in [7, 11) is 1.69. The molecule has 0 aliphatic carbocycles. The first-order chi connectivity index (χ1) is 9.04. The van der Waals surface area contributed by atoms with E-state index in [-0.39, 0.29) is 43.3 Å². The van der Waals surface area contributed by atoms with Gasteiger partial charge in [0, 0.05) is 44.8 Å². The normalized spacial score (nSPS) is 10.0. The fourth-order valence-electron chi connectivity index (χ4n) is 1.97. The van der Waals surface area contributed by atoms with Crippen LogP contribution in [0.4, 0.5) is 0 Å². The molecule has 0 aliphatic heterocycles. The molecule has 3 nitrogen and oxygen atoms in total. The first kappa shape index (κ1) is 17.4. The topological polar surface area (TPSA) is 31.2 Å². The van der Waals surface area contributed by atoms with Crippen molar-refractivity contribution in [3.8, 4) is 17.0 Å². The average Bonchev–Trinajstić information content (AvgIpc) is 2.38. The Morgan fingerprint density at radius 2 is 2.10 bits per heavy atom. The van der Waals surface area contributed by atoms with Crippen molar-refractivity contribution >= 4 is 11.6 Å².